The molecule has 338 valence electrons. The lowest BCUT2D eigenvalue weighted by Gasteiger charge is -2.22. The molecule has 0 spiro atoms. The first-order valence-corrected chi connectivity index (χ1v) is 24.7. The van der Waals surface area contributed by atoms with Crippen LogP contribution in [0.25, 0.3) is 133 Å². The van der Waals surface area contributed by atoms with Crippen molar-refractivity contribution in [1.29, 1.82) is 0 Å². The van der Waals surface area contributed by atoms with Gasteiger partial charge in [0.05, 0.1) is 33.5 Å². The molecule has 0 bridgehead atoms. The smallest absolute Gasteiger partial charge is 0.160 e. The topological polar surface area (TPSA) is 48.8 Å². The second-order valence-electron chi connectivity index (χ2n) is 19.8. The van der Waals surface area contributed by atoms with Crippen molar-refractivity contribution in [2.45, 2.75) is 19.3 Å². The molecule has 4 aromatic heterocycles. The molecule has 0 atom stereocenters. The molecule has 0 unspecified atom stereocenters. The first-order valence-electron chi connectivity index (χ1n) is 24.7. The fourth-order valence-corrected chi connectivity index (χ4v) is 11.8. The van der Waals surface area contributed by atoms with Gasteiger partial charge in [0.2, 0.25) is 0 Å². The van der Waals surface area contributed by atoms with Gasteiger partial charge in [-0.25, -0.2) is 9.97 Å². The molecule has 0 amide bonds. The zero-order valence-corrected chi connectivity index (χ0v) is 39.6. The van der Waals surface area contributed by atoms with Gasteiger partial charge in [0.1, 0.15) is 11.2 Å². The monoisotopic (exact) mass is 920 g/mol. The normalized spacial score (nSPS) is 13.0. The summed E-state index contributed by atoms with van der Waals surface area (Å²) in [7, 11) is 0. The fourth-order valence-electron chi connectivity index (χ4n) is 11.8. The lowest BCUT2D eigenvalue weighted by atomic mass is 9.82. The van der Waals surface area contributed by atoms with Crippen LogP contribution in [-0.4, -0.2) is 19.1 Å². The van der Waals surface area contributed by atoms with Crippen molar-refractivity contribution in [3.8, 4) is 67.5 Å². The molecule has 15 rings (SSSR count). The molecule has 0 fully saturated rings. The quantitative estimate of drug-likeness (QED) is 0.167. The van der Waals surface area contributed by atoms with Crippen molar-refractivity contribution in [3.63, 3.8) is 0 Å². The Morgan fingerprint density at radius 2 is 0.875 bits per heavy atom. The van der Waals surface area contributed by atoms with Gasteiger partial charge in [0.25, 0.3) is 0 Å². The minimum Gasteiger partial charge on any atom is -0.456 e. The van der Waals surface area contributed by atoms with Crippen LogP contribution in [0.15, 0.2) is 235 Å². The first kappa shape index (κ1) is 40.6. The van der Waals surface area contributed by atoms with E-state index in [1.165, 1.54) is 71.5 Å². The number of hydrogen-bond donors (Lipinski definition) is 0. The van der Waals surface area contributed by atoms with E-state index in [1.807, 2.05) is 18.2 Å². The van der Waals surface area contributed by atoms with Crippen LogP contribution in [0.4, 0.5) is 0 Å². The van der Waals surface area contributed by atoms with Crippen molar-refractivity contribution < 1.29 is 4.42 Å². The third-order valence-electron chi connectivity index (χ3n) is 15.3. The largest absolute Gasteiger partial charge is 0.456 e. The van der Waals surface area contributed by atoms with Crippen LogP contribution in [0, 0.1) is 0 Å². The average Bonchev–Trinajstić information content (AvgIpc) is 4.14. The van der Waals surface area contributed by atoms with Crippen molar-refractivity contribution in [2.75, 3.05) is 0 Å². The van der Waals surface area contributed by atoms with Crippen LogP contribution in [0.1, 0.15) is 25.0 Å². The van der Waals surface area contributed by atoms with Gasteiger partial charge in [0, 0.05) is 71.9 Å². The summed E-state index contributed by atoms with van der Waals surface area (Å²) < 4.78 is 11.2. The molecule has 0 N–H and O–H groups in total. The van der Waals surface area contributed by atoms with E-state index in [0.717, 1.165) is 66.9 Å². The molecule has 0 aliphatic heterocycles. The fraction of sp³-hybridized carbons (Fsp3) is 0.0448. The number of para-hydroxylation sites is 3. The minimum atomic E-state index is -0.216. The minimum absolute atomic E-state index is 0.216. The van der Waals surface area contributed by atoms with Gasteiger partial charge in [-0.1, -0.05) is 147 Å². The number of rotatable bonds is 6. The van der Waals surface area contributed by atoms with Gasteiger partial charge < -0.3 is 13.6 Å². The Labute approximate surface area is 415 Å². The van der Waals surface area contributed by atoms with Gasteiger partial charge in [-0.2, -0.15) is 0 Å². The van der Waals surface area contributed by atoms with Gasteiger partial charge in [-0.15, -0.1) is 0 Å². The van der Waals surface area contributed by atoms with Gasteiger partial charge in [-0.3, -0.25) is 0 Å². The molecule has 1 aliphatic rings. The zero-order chi connectivity index (χ0) is 47.7. The van der Waals surface area contributed by atoms with Crippen LogP contribution in [0.2, 0.25) is 0 Å². The van der Waals surface area contributed by atoms with E-state index in [-0.39, 0.29) is 5.41 Å². The molecule has 10 aromatic carbocycles. The Morgan fingerprint density at radius 1 is 0.333 bits per heavy atom. The Balaban J connectivity index is 0.851. The number of hydrogen-bond acceptors (Lipinski definition) is 3. The molecule has 14 aromatic rings. The van der Waals surface area contributed by atoms with E-state index in [0.29, 0.717) is 5.82 Å². The Hall–Kier alpha value is -9.32. The van der Waals surface area contributed by atoms with Crippen LogP contribution in [-0.2, 0) is 5.41 Å². The maximum atomic E-state index is 6.43. The molecule has 0 radical (unpaired) electrons. The van der Waals surface area contributed by atoms with Crippen LogP contribution >= 0.6 is 0 Å². The second-order valence-corrected chi connectivity index (χ2v) is 19.8. The number of fused-ring (bicyclic) bond motifs is 12. The maximum Gasteiger partial charge on any atom is 0.160 e. The highest BCUT2D eigenvalue weighted by atomic mass is 16.3. The molecule has 0 saturated heterocycles. The highest BCUT2D eigenvalue weighted by molar-refractivity contribution is 6.18. The SMILES string of the molecule is CC1(C)c2ccc(-c3ccc4c(c3)c3cc5c(cc3n4-c3ccccc3)oc3ccccc35)cc2-c2cc3c4ccccc4n(-c4ccc(-c5nc(-c6ccccc6)cc(-c6ccccc6)n5)cc4)c3cc21. The molecule has 5 nitrogen and oxygen atoms in total. The lowest BCUT2D eigenvalue weighted by Crippen LogP contribution is -2.15. The Kier molecular flexibility index (Phi) is 8.64. The molecular weight excluding hydrogens is 877 g/mol. The van der Waals surface area contributed by atoms with E-state index in [9.17, 15) is 0 Å². The number of aromatic nitrogens is 4. The molecule has 0 saturated carbocycles. The van der Waals surface area contributed by atoms with Gasteiger partial charge in [0.15, 0.2) is 5.82 Å². The highest BCUT2D eigenvalue weighted by Crippen LogP contribution is 2.52. The summed E-state index contributed by atoms with van der Waals surface area (Å²) in [4.78, 5) is 10.2. The summed E-state index contributed by atoms with van der Waals surface area (Å²) >= 11 is 0. The summed E-state index contributed by atoms with van der Waals surface area (Å²) in [5, 5.41) is 7.16. The van der Waals surface area contributed by atoms with Crippen molar-refractivity contribution in [3.05, 3.63) is 242 Å². The maximum absolute atomic E-state index is 6.43. The summed E-state index contributed by atoms with van der Waals surface area (Å²) in [6.45, 7) is 4.76. The number of furan rings is 1. The average molecular weight is 921 g/mol. The number of nitrogens with zero attached hydrogens (tertiary/aromatic N) is 4. The van der Waals surface area contributed by atoms with Crippen molar-refractivity contribution in [1.82, 2.24) is 19.1 Å². The third kappa shape index (κ3) is 6.07. The predicted molar refractivity (Wildman–Crippen MR) is 297 cm³/mol. The van der Waals surface area contributed by atoms with E-state index < -0.39 is 0 Å². The first-order chi connectivity index (χ1) is 35.4. The standard InChI is InChI=1S/C67H44N4O/c1-67(2)56-32-28-44(45-29-33-61-52(35-45)54-37-55-49-23-13-15-25-64(49)72-65(55)40-63(54)70(61)46-20-10-5-11-21-46)34-50(56)51-36-53-48-22-12-14-24-60(48)71(62(53)38-57(51)67)47-30-26-43(27-31-47)66-68-58(41-16-6-3-7-17-41)39-59(69-66)42-18-8-4-9-19-42/h3-40H,1-2H3. The number of benzene rings is 10. The molecule has 4 heterocycles. The summed E-state index contributed by atoms with van der Waals surface area (Å²) in [6, 6.07) is 83.0. The second kappa shape index (κ2) is 15.3. The van der Waals surface area contributed by atoms with E-state index in [1.54, 1.807) is 0 Å². The van der Waals surface area contributed by atoms with Crippen molar-refractivity contribution in [2.24, 2.45) is 0 Å². The summed E-state index contributed by atoms with van der Waals surface area (Å²) in [5.74, 6) is 0.698. The predicted octanol–water partition coefficient (Wildman–Crippen LogP) is 17.5. The molecule has 5 heteroatoms. The molecule has 1 aliphatic carbocycles. The van der Waals surface area contributed by atoms with Crippen LogP contribution < -0.4 is 0 Å². The lowest BCUT2D eigenvalue weighted by molar-refractivity contribution is 0.661. The molecular formula is C67H44N4O. The van der Waals surface area contributed by atoms with Gasteiger partial charge in [-0.05, 0) is 124 Å². The zero-order valence-electron chi connectivity index (χ0n) is 39.6. The van der Waals surface area contributed by atoms with Crippen LogP contribution in [0.5, 0.6) is 0 Å². The summed E-state index contributed by atoms with van der Waals surface area (Å²) in [6.07, 6.45) is 0. The van der Waals surface area contributed by atoms with Crippen LogP contribution in [0.3, 0.4) is 0 Å². The van der Waals surface area contributed by atoms with Crippen molar-refractivity contribution >= 4 is 65.6 Å². The Morgan fingerprint density at radius 3 is 1.61 bits per heavy atom. The highest BCUT2D eigenvalue weighted by Gasteiger charge is 2.37. The Bertz CT molecular complexity index is 4450. The van der Waals surface area contributed by atoms with E-state index in [4.69, 9.17) is 14.4 Å². The summed E-state index contributed by atoms with van der Waals surface area (Å²) in [5.41, 5.74) is 21.0. The molecule has 72 heavy (non-hydrogen) atoms. The van der Waals surface area contributed by atoms with E-state index >= 15 is 0 Å². The van der Waals surface area contributed by atoms with E-state index in [2.05, 4.69) is 235 Å². The van der Waals surface area contributed by atoms with Gasteiger partial charge >= 0.3 is 0 Å². The third-order valence-corrected chi connectivity index (χ3v) is 15.3.